The van der Waals surface area contributed by atoms with Crippen LogP contribution < -0.4 is 21.5 Å². The molecule has 0 radical (unpaired) electrons. The lowest BCUT2D eigenvalue weighted by Gasteiger charge is -2.07. The van der Waals surface area contributed by atoms with Crippen LogP contribution in [0.2, 0.25) is 5.02 Å². The van der Waals surface area contributed by atoms with Crippen molar-refractivity contribution in [1.82, 2.24) is 5.32 Å². The number of hydrogen-bond donors (Lipinski definition) is 4. The third-order valence-corrected chi connectivity index (χ3v) is 4.94. The molecule has 0 fully saturated rings. The topological polar surface area (TPSA) is 151 Å². The van der Waals surface area contributed by atoms with Gasteiger partial charge in [-0.25, -0.2) is 13.6 Å². The number of hydrogen-bond acceptors (Lipinski definition) is 6. The summed E-state index contributed by atoms with van der Waals surface area (Å²) in [5.74, 6) is -0.589. The SMILES string of the molecule is N#C/C(=C/NCCc1ccc(S(N)(=O)=O)cc1)C(=O)Nc1ccc(N)c(Cl)c1. The van der Waals surface area contributed by atoms with E-state index in [0.717, 1.165) is 5.56 Å². The number of nitrogens with two attached hydrogens (primary N) is 2. The molecule has 2 aromatic carbocycles. The van der Waals surface area contributed by atoms with Crippen LogP contribution in [0.3, 0.4) is 0 Å². The van der Waals surface area contributed by atoms with E-state index < -0.39 is 15.9 Å². The van der Waals surface area contributed by atoms with Crippen LogP contribution in [0, 0.1) is 11.3 Å². The summed E-state index contributed by atoms with van der Waals surface area (Å²) in [5.41, 5.74) is 7.17. The van der Waals surface area contributed by atoms with Crippen LogP contribution in [0.1, 0.15) is 5.56 Å². The molecule has 2 rings (SSSR count). The molecule has 0 aliphatic rings. The van der Waals surface area contributed by atoms with Crippen LogP contribution in [0.5, 0.6) is 0 Å². The number of nitrogens with one attached hydrogen (secondary N) is 2. The number of halogens is 1. The lowest BCUT2D eigenvalue weighted by atomic mass is 10.1. The van der Waals surface area contributed by atoms with E-state index in [1.165, 1.54) is 24.4 Å². The number of rotatable bonds is 7. The monoisotopic (exact) mass is 419 g/mol. The summed E-state index contributed by atoms with van der Waals surface area (Å²) < 4.78 is 22.4. The molecule has 0 atom stereocenters. The van der Waals surface area contributed by atoms with E-state index in [1.54, 1.807) is 24.3 Å². The maximum absolute atomic E-state index is 12.2. The smallest absolute Gasteiger partial charge is 0.267 e. The fraction of sp³-hybridized carbons (Fsp3) is 0.111. The molecule has 0 heterocycles. The molecule has 10 heteroatoms. The number of sulfonamides is 1. The first-order valence-corrected chi connectivity index (χ1v) is 9.95. The van der Waals surface area contributed by atoms with Crippen molar-refractivity contribution in [3.63, 3.8) is 0 Å². The number of carbonyl (C=O) groups excluding carboxylic acids is 1. The van der Waals surface area contributed by atoms with Crippen molar-refractivity contribution in [2.24, 2.45) is 5.14 Å². The summed E-state index contributed by atoms with van der Waals surface area (Å²) >= 11 is 5.90. The molecular weight excluding hydrogens is 402 g/mol. The minimum atomic E-state index is -3.72. The van der Waals surface area contributed by atoms with Crippen molar-refractivity contribution in [1.29, 1.82) is 5.26 Å². The Morgan fingerprint density at radius 2 is 1.89 bits per heavy atom. The van der Waals surface area contributed by atoms with Crippen LogP contribution in [-0.2, 0) is 21.2 Å². The molecule has 0 unspecified atom stereocenters. The zero-order chi connectivity index (χ0) is 20.7. The van der Waals surface area contributed by atoms with Crippen LogP contribution in [0.25, 0.3) is 0 Å². The van der Waals surface area contributed by atoms with E-state index in [2.05, 4.69) is 10.6 Å². The Morgan fingerprint density at radius 1 is 1.21 bits per heavy atom. The molecule has 0 aliphatic carbocycles. The first-order valence-electron chi connectivity index (χ1n) is 8.02. The van der Waals surface area contributed by atoms with Crippen LogP contribution in [0.4, 0.5) is 11.4 Å². The average molecular weight is 420 g/mol. The van der Waals surface area contributed by atoms with Gasteiger partial charge in [0.25, 0.3) is 5.91 Å². The Bertz CT molecular complexity index is 1040. The first-order chi connectivity index (χ1) is 13.2. The molecule has 0 saturated carbocycles. The van der Waals surface area contributed by atoms with Gasteiger partial charge in [0, 0.05) is 18.4 Å². The van der Waals surface area contributed by atoms with E-state index in [0.29, 0.717) is 29.4 Å². The molecule has 28 heavy (non-hydrogen) atoms. The van der Waals surface area contributed by atoms with Gasteiger partial charge in [0.05, 0.1) is 15.6 Å². The summed E-state index contributed by atoms with van der Waals surface area (Å²) in [6.07, 6.45) is 1.86. The van der Waals surface area contributed by atoms with Gasteiger partial charge < -0.3 is 16.4 Å². The number of benzene rings is 2. The van der Waals surface area contributed by atoms with Gasteiger partial charge in [-0.3, -0.25) is 4.79 Å². The number of nitrogen functional groups attached to an aromatic ring is 1. The zero-order valence-corrected chi connectivity index (χ0v) is 16.2. The van der Waals surface area contributed by atoms with E-state index in [9.17, 15) is 13.2 Å². The van der Waals surface area contributed by atoms with Crippen molar-refractivity contribution in [2.45, 2.75) is 11.3 Å². The molecule has 0 aromatic heterocycles. The van der Waals surface area contributed by atoms with Crippen molar-refractivity contribution < 1.29 is 13.2 Å². The van der Waals surface area contributed by atoms with Crippen LogP contribution in [-0.4, -0.2) is 20.9 Å². The zero-order valence-electron chi connectivity index (χ0n) is 14.6. The van der Waals surface area contributed by atoms with Gasteiger partial charge in [0.2, 0.25) is 10.0 Å². The van der Waals surface area contributed by atoms with Gasteiger partial charge in [-0.15, -0.1) is 0 Å². The van der Waals surface area contributed by atoms with Gasteiger partial charge in [0.1, 0.15) is 11.6 Å². The van der Waals surface area contributed by atoms with Crippen LogP contribution in [0.15, 0.2) is 59.1 Å². The minimum Gasteiger partial charge on any atom is -0.398 e. The van der Waals surface area contributed by atoms with E-state index in [-0.39, 0.29) is 10.5 Å². The largest absolute Gasteiger partial charge is 0.398 e. The maximum atomic E-state index is 12.2. The normalized spacial score (nSPS) is 11.5. The molecule has 0 saturated heterocycles. The highest BCUT2D eigenvalue weighted by Gasteiger charge is 2.10. The van der Waals surface area contributed by atoms with Gasteiger partial charge in [0.15, 0.2) is 0 Å². The molecule has 0 bridgehead atoms. The highest BCUT2D eigenvalue weighted by Crippen LogP contribution is 2.22. The standard InChI is InChI=1S/C18H18ClN5O3S/c19-16-9-14(3-6-17(16)21)24-18(25)13(10-20)11-23-8-7-12-1-4-15(5-2-12)28(22,26)27/h1-6,9,11,23H,7-8,21H2,(H,24,25)(H2,22,26,27)/b13-11-. The number of amides is 1. The summed E-state index contributed by atoms with van der Waals surface area (Å²) in [6.45, 7) is 0.431. The number of anilines is 2. The number of nitrogens with zero attached hydrogens (tertiary/aromatic N) is 1. The molecular formula is C18H18ClN5O3S. The predicted octanol–water partition coefficient (Wildman–Crippen LogP) is 1.75. The highest BCUT2D eigenvalue weighted by molar-refractivity contribution is 7.89. The number of nitriles is 1. The molecule has 146 valence electrons. The van der Waals surface area contributed by atoms with E-state index in [4.69, 9.17) is 27.7 Å². The lowest BCUT2D eigenvalue weighted by molar-refractivity contribution is -0.112. The van der Waals surface area contributed by atoms with E-state index in [1.807, 2.05) is 6.07 Å². The predicted molar refractivity (Wildman–Crippen MR) is 108 cm³/mol. The molecule has 6 N–H and O–H groups in total. The van der Waals surface area contributed by atoms with Crippen molar-refractivity contribution >= 4 is 38.9 Å². The van der Waals surface area contributed by atoms with Crippen molar-refractivity contribution in [2.75, 3.05) is 17.6 Å². The Balaban J connectivity index is 1.91. The van der Waals surface area contributed by atoms with Crippen molar-refractivity contribution in [3.05, 3.63) is 64.8 Å². The molecule has 1 amide bonds. The lowest BCUT2D eigenvalue weighted by Crippen LogP contribution is -2.18. The Kier molecular flexibility index (Phi) is 7.00. The quantitative estimate of drug-likeness (QED) is 0.232. The molecule has 0 aliphatic heterocycles. The van der Waals surface area contributed by atoms with E-state index >= 15 is 0 Å². The van der Waals surface area contributed by atoms with Gasteiger partial charge in [-0.2, -0.15) is 5.26 Å². The van der Waals surface area contributed by atoms with Crippen LogP contribution >= 0.6 is 11.6 Å². The van der Waals surface area contributed by atoms with Crippen molar-refractivity contribution in [3.8, 4) is 6.07 Å². The molecule has 2 aromatic rings. The van der Waals surface area contributed by atoms with Gasteiger partial charge in [-0.1, -0.05) is 23.7 Å². The number of carbonyl (C=O) groups is 1. The van der Waals surface area contributed by atoms with Gasteiger partial charge >= 0.3 is 0 Å². The minimum absolute atomic E-state index is 0.0373. The Labute approximate surface area is 167 Å². The Morgan fingerprint density at radius 3 is 2.46 bits per heavy atom. The third kappa shape index (κ3) is 5.99. The fourth-order valence-corrected chi connectivity index (χ4v) is 2.88. The average Bonchev–Trinajstić information content (AvgIpc) is 2.64. The summed E-state index contributed by atoms with van der Waals surface area (Å²) in [7, 11) is -3.72. The first kappa shape index (κ1) is 21.2. The van der Waals surface area contributed by atoms with Gasteiger partial charge in [-0.05, 0) is 42.3 Å². The summed E-state index contributed by atoms with van der Waals surface area (Å²) in [4.78, 5) is 12.2. The fourth-order valence-electron chi connectivity index (χ4n) is 2.19. The molecule has 8 nitrogen and oxygen atoms in total. The Hall–Kier alpha value is -3.06. The second-order valence-corrected chi connectivity index (χ2v) is 7.72. The maximum Gasteiger partial charge on any atom is 0.267 e. The highest BCUT2D eigenvalue weighted by atomic mass is 35.5. The summed E-state index contributed by atoms with van der Waals surface area (Å²) in [5, 5.41) is 20.0. The number of primary sulfonamides is 1. The summed E-state index contributed by atoms with van der Waals surface area (Å²) in [6, 6.07) is 12.6. The second kappa shape index (κ2) is 9.23. The second-order valence-electron chi connectivity index (χ2n) is 5.75. The third-order valence-electron chi connectivity index (χ3n) is 3.68. The molecule has 0 spiro atoms.